The average molecular weight is 360 g/mol. The quantitative estimate of drug-likeness (QED) is 0.585. The van der Waals surface area contributed by atoms with Crippen molar-refractivity contribution in [3.8, 4) is 12.1 Å². The van der Waals surface area contributed by atoms with Gasteiger partial charge in [-0.15, -0.1) is 0 Å². The number of aryl methyl sites for hydroxylation is 1. The Morgan fingerprint density at radius 2 is 2.12 bits per heavy atom. The molecule has 0 aliphatic carbocycles. The van der Waals surface area contributed by atoms with Crippen molar-refractivity contribution in [2.75, 3.05) is 4.72 Å². The van der Waals surface area contributed by atoms with Gasteiger partial charge in [0, 0.05) is 24.0 Å². The lowest BCUT2D eigenvalue weighted by atomic mass is 10.1. The second-order valence-electron chi connectivity index (χ2n) is 5.73. The number of rotatable bonds is 3. The van der Waals surface area contributed by atoms with Gasteiger partial charge in [0.1, 0.15) is 17.8 Å². The number of benzene rings is 1. The molecule has 4 rings (SSSR count). The van der Waals surface area contributed by atoms with E-state index in [2.05, 4.69) is 20.8 Å². The number of nitrogens with zero attached hydrogens (tertiary/aromatic N) is 4. The zero-order valence-corrected chi connectivity index (χ0v) is 14.5. The predicted octanol–water partition coefficient (Wildman–Crippen LogP) is 3.00. The van der Waals surface area contributed by atoms with Gasteiger partial charge < -0.3 is 9.38 Å². The molecule has 7 nitrogen and oxygen atoms in total. The second-order valence-corrected chi connectivity index (χ2v) is 6.94. The maximum absolute atomic E-state index is 12.8. The van der Waals surface area contributed by atoms with Gasteiger partial charge in [0.05, 0.1) is 21.7 Å². The lowest BCUT2D eigenvalue weighted by molar-refractivity contribution is 0.686. The number of aromatic amines is 1. The van der Waals surface area contributed by atoms with Gasteiger partial charge in [-0.1, -0.05) is 6.07 Å². The van der Waals surface area contributed by atoms with E-state index in [4.69, 9.17) is 5.26 Å². The Labute approximate surface area is 151 Å². The molecule has 26 heavy (non-hydrogen) atoms. The summed E-state index contributed by atoms with van der Waals surface area (Å²) in [6.07, 6.45) is 4.97. The Morgan fingerprint density at radius 3 is 2.88 bits per heavy atom. The summed E-state index contributed by atoms with van der Waals surface area (Å²) < 4.78 is 17.4. The molecule has 0 aliphatic rings. The molecule has 1 atom stereocenters. The maximum atomic E-state index is 12.8. The van der Waals surface area contributed by atoms with Crippen molar-refractivity contribution >= 4 is 33.2 Å². The van der Waals surface area contributed by atoms with Crippen molar-refractivity contribution in [1.82, 2.24) is 14.4 Å². The lowest BCUT2D eigenvalue weighted by Gasteiger charge is -2.09. The van der Waals surface area contributed by atoms with E-state index < -0.39 is 11.0 Å². The number of hydrogen-bond donors (Lipinski definition) is 2. The highest BCUT2D eigenvalue weighted by Gasteiger charge is 2.13. The first-order valence-corrected chi connectivity index (χ1v) is 8.84. The Kier molecular flexibility index (Phi) is 3.68. The van der Waals surface area contributed by atoms with Gasteiger partial charge in [-0.05, 0) is 30.7 Å². The first-order valence-electron chi connectivity index (χ1n) is 7.69. The Balaban J connectivity index is 1.72. The summed E-state index contributed by atoms with van der Waals surface area (Å²) in [7, 11) is -1.53. The molecule has 126 valence electrons. The summed E-state index contributed by atoms with van der Waals surface area (Å²) in [6.45, 7) is 1.93. The van der Waals surface area contributed by atoms with Crippen molar-refractivity contribution < 1.29 is 4.21 Å². The topological polar surface area (TPSA) is 110 Å². The molecular weight excluding hydrogens is 348 g/mol. The molecular formula is C18H12N6OS. The van der Waals surface area contributed by atoms with Crippen LogP contribution in [0.5, 0.6) is 0 Å². The minimum atomic E-state index is -1.53. The van der Waals surface area contributed by atoms with Crippen LogP contribution in [0.15, 0.2) is 47.8 Å². The molecule has 2 N–H and O–H groups in total. The number of hydrogen-bond acceptors (Lipinski definition) is 4. The van der Waals surface area contributed by atoms with Gasteiger partial charge in [-0.3, -0.25) is 4.72 Å². The maximum Gasteiger partial charge on any atom is 0.159 e. The van der Waals surface area contributed by atoms with Crippen LogP contribution in [0.1, 0.15) is 16.8 Å². The summed E-state index contributed by atoms with van der Waals surface area (Å²) in [5, 5.41) is 19.0. The largest absolute Gasteiger partial charge is 0.358 e. The summed E-state index contributed by atoms with van der Waals surface area (Å²) >= 11 is 0. The van der Waals surface area contributed by atoms with E-state index in [-0.39, 0.29) is 0 Å². The molecule has 1 unspecified atom stereocenters. The van der Waals surface area contributed by atoms with Crippen LogP contribution in [0.4, 0.5) is 5.69 Å². The zero-order chi connectivity index (χ0) is 18.3. The van der Waals surface area contributed by atoms with Gasteiger partial charge >= 0.3 is 0 Å². The van der Waals surface area contributed by atoms with Crippen LogP contribution >= 0.6 is 0 Å². The highest BCUT2D eigenvalue weighted by atomic mass is 32.2. The molecule has 3 heterocycles. The zero-order valence-electron chi connectivity index (χ0n) is 13.6. The number of imidazole rings is 1. The third kappa shape index (κ3) is 2.50. The fraction of sp³-hybridized carbons (Fsp3) is 0.0556. The molecule has 0 bridgehead atoms. The third-order valence-electron chi connectivity index (χ3n) is 4.13. The first-order chi connectivity index (χ1) is 12.6. The van der Waals surface area contributed by atoms with E-state index in [0.29, 0.717) is 27.5 Å². The molecule has 0 amide bonds. The van der Waals surface area contributed by atoms with Crippen molar-refractivity contribution in [2.24, 2.45) is 0 Å². The minimum Gasteiger partial charge on any atom is -0.358 e. The van der Waals surface area contributed by atoms with Gasteiger partial charge in [-0.2, -0.15) is 10.5 Å². The summed E-state index contributed by atoms with van der Waals surface area (Å²) in [5.74, 6) is 0. The number of aromatic nitrogens is 3. The van der Waals surface area contributed by atoms with Crippen molar-refractivity contribution in [2.45, 2.75) is 11.8 Å². The van der Waals surface area contributed by atoms with E-state index in [1.807, 2.05) is 25.1 Å². The summed E-state index contributed by atoms with van der Waals surface area (Å²) in [6, 6.07) is 11.2. The Morgan fingerprint density at radius 1 is 1.27 bits per heavy atom. The molecule has 0 spiro atoms. The Bertz CT molecular complexity index is 1270. The highest BCUT2D eigenvalue weighted by Crippen LogP contribution is 2.29. The van der Waals surface area contributed by atoms with Crippen molar-refractivity contribution in [1.29, 1.82) is 10.5 Å². The van der Waals surface area contributed by atoms with Crippen molar-refractivity contribution in [3.05, 3.63) is 59.7 Å². The fourth-order valence-corrected chi connectivity index (χ4v) is 3.77. The van der Waals surface area contributed by atoms with E-state index in [1.165, 1.54) is 0 Å². The molecule has 3 aromatic heterocycles. The SMILES string of the molecule is Cc1ccc(NS(=O)c2ccn3cc(C#N)nc3c2)c2[nH]cc(C#N)c12. The number of nitrogens with one attached hydrogen (secondary N) is 2. The predicted molar refractivity (Wildman–Crippen MR) is 97.7 cm³/mol. The number of nitriles is 2. The van der Waals surface area contributed by atoms with Crippen LogP contribution in [0, 0.1) is 29.6 Å². The van der Waals surface area contributed by atoms with Gasteiger partial charge in [0.25, 0.3) is 0 Å². The van der Waals surface area contributed by atoms with E-state index >= 15 is 0 Å². The normalized spacial score (nSPS) is 12.0. The second kappa shape index (κ2) is 6.03. The van der Waals surface area contributed by atoms with E-state index in [1.54, 1.807) is 35.1 Å². The third-order valence-corrected chi connectivity index (χ3v) is 5.21. The van der Waals surface area contributed by atoms with Crippen LogP contribution in [0.2, 0.25) is 0 Å². The fourth-order valence-electron chi connectivity index (χ4n) is 2.88. The molecule has 4 aromatic rings. The number of H-pyrrole nitrogens is 1. The molecule has 8 heteroatoms. The summed E-state index contributed by atoms with van der Waals surface area (Å²) in [4.78, 5) is 7.76. The van der Waals surface area contributed by atoms with E-state index in [0.717, 1.165) is 16.5 Å². The highest BCUT2D eigenvalue weighted by molar-refractivity contribution is 7.86. The van der Waals surface area contributed by atoms with Gasteiger partial charge in [0.2, 0.25) is 0 Å². The molecule has 1 aromatic carbocycles. The molecule has 0 saturated carbocycles. The Hall–Kier alpha value is -3.62. The van der Waals surface area contributed by atoms with Crippen LogP contribution in [0.25, 0.3) is 16.6 Å². The molecule has 0 fully saturated rings. The molecule has 0 aliphatic heterocycles. The number of fused-ring (bicyclic) bond motifs is 2. The van der Waals surface area contributed by atoms with Crippen molar-refractivity contribution in [3.63, 3.8) is 0 Å². The van der Waals surface area contributed by atoms with Gasteiger partial charge in [0.15, 0.2) is 16.7 Å². The lowest BCUT2D eigenvalue weighted by Crippen LogP contribution is -2.06. The molecule has 0 saturated heterocycles. The van der Waals surface area contributed by atoms with Crippen LogP contribution in [-0.4, -0.2) is 18.6 Å². The average Bonchev–Trinajstić information content (AvgIpc) is 3.27. The number of anilines is 1. The minimum absolute atomic E-state index is 0.302. The standard InChI is InChI=1S/C18H12N6OS/c1-11-2-3-15(18-17(11)12(7-19)9-21-18)23-26(25)14-4-5-24-10-13(8-20)22-16(24)6-14/h2-6,9-10,21,23H,1H3. The summed E-state index contributed by atoms with van der Waals surface area (Å²) in [5.41, 5.74) is 3.76. The van der Waals surface area contributed by atoms with Crippen LogP contribution in [-0.2, 0) is 11.0 Å². The monoisotopic (exact) mass is 360 g/mol. The van der Waals surface area contributed by atoms with E-state index in [9.17, 15) is 9.47 Å². The van der Waals surface area contributed by atoms with Crippen LogP contribution in [0.3, 0.4) is 0 Å². The number of pyridine rings is 1. The van der Waals surface area contributed by atoms with Crippen LogP contribution < -0.4 is 4.72 Å². The van der Waals surface area contributed by atoms with Gasteiger partial charge in [-0.25, -0.2) is 9.19 Å². The smallest absolute Gasteiger partial charge is 0.159 e. The first kappa shape index (κ1) is 15.9. The molecule has 0 radical (unpaired) electrons.